The number of thiazole rings is 1. The number of nitrogens with zero attached hydrogens (tertiary/aromatic N) is 2. The number of para-hydroxylation sites is 1. The molecule has 0 saturated heterocycles. The van der Waals surface area contributed by atoms with Crippen molar-refractivity contribution in [2.24, 2.45) is 0 Å². The molecular weight excluding hydrogens is 554 g/mol. The van der Waals surface area contributed by atoms with Gasteiger partial charge in [0.15, 0.2) is 20.0 Å². The van der Waals surface area contributed by atoms with Gasteiger partial charge >= 0.3 is 11.0 Å². The van der Waals surface area contributed by atoms with E-state index in [0.717, 1.165) is 4.13 Å². The summed E-state index contributed by atoms with van der Waals surface area (Å²) in [5.41, 5.74) is -8.73. The van der Waals surface area contributed by atoms with Crippen LogP contribution >= 0.6 is 11.3 Å². The second kappa shape index (κ2) is 14.5. The Balaban J connectivity index is 0.000000384. The summed E-state index contributed by atoms with van der Waals surface area (Å²) >= 11 is 1.86. The van der Waals surface area contributed by atoms with Crippen LogP contribution in [0, 0.1) is 0 Å². The lowest BCUT2D eigenvalue weighted by Gasteiger charge is -2.22. The van der Waals surface area contributed by atoms with Gasteiger partial charge in [0.05, 0.1) is 0 Å². The topological polar surface area (TPSA) is 86.3 Å². The normalized spacial score (nSPS) is 13.0. The Kier molecular flexibility index (Phi) is 13.1. The maximum atomic E-state index is 11.4. The number of halogens is 6. The van der Waals surface area contributed by atoms with Crippen LogP contribution in [0.25, 0.3) is 14.3 Å². The van der Waals surface area contributed by atoms with Crippen LogP contribution in [0.5, 0.6) is 0 Å². The molecule has 2 aromatic rings. The molecule has 36 heavy (non-hydrogen) atoms. The third-order valence-electron chi connectivity index (χ3n) is 5.02. The molecule has 0 amide bonds. The Morgan fingerprint density at radius 1 is 0.750 bits per heavy atom. The van der Waals surface area contributed by atoms with Crippen molar-refractivity contribution in [3.63, 3.8) is 0 Å². The number of sulfonamides is 2. The molecule has 1 heterocycles. The number of hydrogen-bond donors (Lipinski definition) is 0. The smallest absolute Gasteiger partial charge is 0.421 e. The number of aryl methyl sites for hydroxylation is 1. The summed E-state index contributed by atoms with van der Waals surface area (Å²) in [6.07, 6.45) is 14.1. The molecule has 2 rings (SSSR count). The molecule has 0 bridgehead atoms. The Hall–Kier alpha value is -1.45. The molecule has 0 aliphatic carbocycles. The van der Waals surface area contributed by atoms with Crippen LogP contribution in [0.1, 0.15) is 71.1 Å². The first-order valence-electron chi connectivity index (χ1n) is 11.3. The van der Waals surface area contributed by atoms with Crippen molar-refractivity contribution in [1.29, 1.82) is 0 Å². The van der Waals surface area contributed by atoms with Gasteiger partial charge in [-0.3, -0.25) is 0 Å². The summed E-state index contributed by atoms with van der Waals surface area (Å²) in [4.78, 5) is 0. The van der Waals surface area contributed by atoms with Gasteiger partial charge in [0.25, 0.3) is 0 Å². The summed E-state index contributed by atoms with van der Waals surface area (Å²) in [6, 6.07) is 8.73. The van der Waals surface area contributed by atoms with Crippen molar-refractivity contribution in [2.75, 3.05) is 0 Å². The van der Waals surface area contributed by atoms with Gasteiger partial charge in [-0.05, 0) is 12.5 Å². The van der Waals surface area contributed by atoms with E-state index in [2.05, 4.69) is 41.3 Å². The minimum atomic E-state index is -6.72. The van der Waals surface area contributed by atoms with E-state index < -0.39 is 31.1 Å². The van der Waals surface area contributed by atoms with Crippen LogP contribution in [0.4, 0.5) is 26.3 Å². The number of rotatable bonds is 13. The van der Waals surface area contributed by atoms with Gasteiger partial charge in [-0.2, -0.15) is 30.9 Å². The monoisotopic (exact) mass is 584 g/mol. The molecule has 0 unspecified atom stereocenters. The lowest BCUT2D eigenvalue weighted by Crippen LogP contribution is -2.31. The van der Waals surface area contributed by atoms with Gasteiger partial charge < -0.3 is 4.13 Å². The Labute approximate surface area is 211 Å². The van der Waals surface area contributed by atoms with Crippen LogP contribution in [0.3, 0.4) is 0 Å². The summed E-state index contributed by atoms with van der Waals surface area (Å²) in [5, 5.41) is 0. The summed E-state index contributed by atoms with van der Waals surface area (Å²) < 4.78 is 113. The average Bonchev–Trinajstić information content (AvgIpc) is 3.16. The highest BCUT2D eigenvalue weighted by molar-refractivity contribution is 8.13. The van der Waals surface area contributed by atoms with Crippen molar-refractivity contribution >= 4 is 41.6 Å². The molecular formula is C21H30F6N2O4S3. The van der Waals surface area contributed by atoms with Crippen molar-refractivity contribution in [3.05, 3.63) is 33.9 Å². The van der Waals surface area contributed by atoms with Gasteiger partial charge in [0, 0.05) is 12.5 Å². The molecule has 1 aromatic carbocycles. The molecule has 0 atom stereocenters. The molecule has 0 aliphatic rings. The lowest BCUT2D eigenvalue weighted by atomic mass is 10.1. The number of unbranched alkanes of at least 4 members (excludes halogenated alkanes) is 9. The zero-order chi connectivity index (χ0) is 27.5. The van der Waals surface area contributed by atoms with E-state index in [9.17, 15) is 43.2 Å². The number of aromatic nitrogens is 1. The highest BCUT2D eigenvalue weighted by atomic mass is 32.3. The minimum absolute atomic E-state index is 0.778. The molecule has 208 valence electrons. The van der Waals surface area contributed by atoms with Crippen molar-refractivity contribution in [2.45, 2.75) is 88.7 Å². The van der Waals surface area contributed by atoms with E-state index in [1.54, 1.807) is 0 Å². The summed E-state index contributed by atoms with van der Waals surface area (Å²) in [7, 11) is -13.4. The van der Waals surface area contributed by atoms with Crippen molar-refractivity contribution < 1.29 is 47.7 Å². The molecule has 1 aromatic heterocycles. The third kappa shape index (κ3) is 10.9. The molecule has 0 N–H and O–H groups in total. The second-order valence-corrected chi connectivity index (χ2v) is 12.3. The number of fused-ring (bicyclic) bond motifs is 1. The SMILES string of the molecule is CCCCCCCCCCCC[n+]1csc2ccccc21.O=S(=O)([N-]S(=O)(=O)C(F)(F)F)C(F)(F)F. The van der Waals surface area contributed by atoms with E-state index in [1.165, 1.54) is 81.0 Å². The van der Waals surface area contributed by atoms with E-state index in [4.69, 9.17) is 0 Å². The zero-order valence-corrected chi connectivity index (χ0v) is 22.1. The number of hydrogen-bond acceptors (Lipinski definition) is 5. The van der Waals surface area contributed by atoms with Gasteiger partial charge in [0.1, 0.15) is 11.2 Å². The van der Waals surface area contributed by atoms with Gasteiger partial charge in [-0.25, -0.2) is 16.8 Å². The number of alkyl halides is 6. The average molecular weight is 585 g/mol. The minimum Gasteiger partial charge on any atom is -0.421 e. The number of benzene rings is 1. The fraction of sp³-hybridized carbons (Fsp3) is 0.667. The quantitative estimate of drug-likeness (QED) is 0.142. The lowest BCUT2D eigenvalue weighted by molar-refractivity contribution is -0.667. The maximum absolute atomic E-state index is 11.4. The molecule has 0 radical (unpaired) electrons. The molecule has 0 spiro atoms. The van der Waals surface area contributed by atoms with E-state index in [0.29, 0.717) is 0 Å². The highest BCUT2D eigenvalue weighted by Gasteiger charge is 2.46. The summed E-state index contributed by atoms with van der Waals surface area (Å²) in [6.45, 7) is 3.47. The van der Waals surface area contributed by atoms with Crippen LogP contribution in [0.15, 0.2) is 29.8 Å². The first-order chi connectivity index (χ1) is 16.6. The molecule has 0 fully saturated rings. The highest BCUT2D eigenvalue weighted by Crippen LogP contribution is 2.36. The largest absolute Gasteiger partial charge is 0.480 e. The fourth-order valence-corrected chi connectivity index (χ4v) is 5.76. The second-order valence-electron chi connectivity index (χ2n) is 7.98. The van der Waals surface area contributed by atoms with Crippen LogP contribution in [-0.2, 0) is 26.6 Å². The standard InChI is InChI=1S/C19H30NS.C2F6NO4S2/c1-2-3-4-5-6-7-8-9-10-13-16-20-17-21-19-15-12-11-14-18(19)20;3-1(4,5)14(10,11)9-15(12,13)2(6,7)8/h11-12,14-15,17H,2-10,13,16H2,1H3;/q+1;-1. The van der Waals surface area contributed by atoms with Gasteiger partial charge in [-0.15, -0.1) is 0 Å². The molecule has 0 saturated carbocycles. The fourth-order valence-electron chi connectivity index (χ4n) is 3.13. The van der Waals surface area contributed by atoms with Crippen LogP contribution in [-0.4, -0.2) is 27.9 Å². The maximum Gasteiger partial charge on any atom is 0.480 e. The van der Waals surface area contributed by atoms with E-state index in [1.807, 2.05) is 11.3 Å². The van der Waals surface area contributed by atoms with Crippen molar-refractivity contribution in [1.82, 2.24) is 0 Å². The van der Waals surface area contributed by atoms with Crippen LogP contribution < -0.4 is 4.57 Å². The first-order valence-corrected chi connectivity index (χ1v) is 15.1. The van der Waals surface area contributed by atoms with E-state index in [-0.39, 0.29) is 0 Å². The Morgan fingerprint density at radius 2 is 1.19 bits per heavy atom. The predicted octanol–water partition coefficient (Wildman–Crippen LogP) is 7.17. The zero-order valence-electron chi connectivity index (χ0n) is 19.7. The Bertz CT molecular complexity index is 1090. The van der Waals surface area contributed by atoms with Gasteiger partial charge in [-0.1, -0.05) is 81.8 Å². The first kappa shape index (κ1) is 32.6. The van der Waals surface area contributed by atoms with E-state index >= 15 is 0 Å². The molecule has 15 heteroatoms. The van der Waals surface area contributed by atoms with Gasteiger partial charge in [0.2, 0.25) is 11.0 Å². The molecule has 0 aliphatic heterocycles. The summed E-state index contributed by atoms with van der Waals surface area (Å²) in [5.74, 6) is 0. The predicted molar refractivity (Wildman–Crippen MR) is 127 cm³/mol. The van der Waals surface area contributed by atoms with Crippen molar-refractivity contribution in [3.8, 4) is 0 Å². The van der Waals surface area contributed by atoms with Crippen LogP contribution in [0.2, 0.25) is 0 Å². The third-order valence-corrected chi connectivity index (χ3v) is 8.71. The molecule has 6 nitrogen and oxygen atoms in total. The Morgan fingerprint density at radius 3 is 1.67 bits per heavy atom.